The zero-order valence-electron chi connectivity index (χ0n) is 8.46. The van der Waals surface area contributed by atoms with Crippen LogP contribution in [0.25, 0.3) is 6.08 Å². The molecule has 0 fully saturated rings. The minimum absolute atomic E-state index is 0.0272. The van der Waals surface area contributed by atoms with Gasteiger partial charge in [0.1, 0.15) is 5.82 Å². The Morgan fingerprint density at radius 2 is 2.06 bits per heavy atom. The van der Waals surface area contributed by atoms with Gasteiger partial charge in [-0.2, -0.15) is 0 Å². The molecule has 84 valence electrons. The lowest BCUT2D eigenvalue weighted by atomic mass is 10.1. The molecule has 0 aliphatic heterocycles. The van der Waals surface area contributed by atoms with Crippen LogP contribution in [-0.2, 0) is 9.59 Å². The summed E-state index contributed by atoms with van der Waals surface area (Å²) in [4.78, 5) is 22.0. The van der Waals surface area contributed by atoms with Crippen LogP contribution >= 0.6 is 11.6 Å². The van der Waals surface area contributed by atoms with Gasteiger partial charge in [-0.3, -0.25) is 9.59 Å². The molecule has 0 saturated carbocycles. The Labute approximate surface area is 96.7 Å². The first-order chi connectivity index (χ1) is 7.41. The summed E-state index contributed by atoms with van der Waals surface area (Å²) in [6.45, 7) is 1.21. The molecule has 5 heteroatoms. The smallest absolute Gasteiger partial charge is 0.252 e. The second kappa shape index (κ2) is 4.90. The molecule has 3 nitrogen and oxygen atoms in total. The van der Waals surface area contributed by atoms with Crippen LogP contribution in [0, 0.1) is 5.82 Å². The molecule has 0 bridgehead atoms. The largest absolute Gasteiger partial charge is 0.365 e. The van der Waals surface area contributed by atoms with Crippen molar-refractivity contribution in [3.05, 3.63) is 40.2 Å². The van der Waals surface area contributed by atoms with Crippen molar-refractivity contribution >= 4 is 29.4 Å². The maximum Gasteiger partial charge on any atom is 0.252 e. The molecule has 0 radical (unpaired) electrons. The van der Waals surface area contributed by atoms with E-state index in [0.29, 0.717) is 5.56 Å². The number of primary amides is 1. The molecule has 1 rings (SSSR count). The summed E-state index contributed by atoms with van der Waals surface area (Å²) in [7, 11) is 0. The van der Waals surface area contributed by atoms with Gasteiger partial charge in [-0.15, -0.1) is 0 Å². The van der Waals surface area contributed by atoms with Gasteiger partial charge >= 0.3 is 0 Å². The summed E-state index contributed by atoms with van der Waals surface area (Å²) in [6.07, 6.45) is 1.23. The van der Waals surface area contributed by atoms with E-state index in [9.17, 15) is 14.0 Å². The quantitative estimate of drug-likeness (QED) is 0.499. The fraction of sp³-hybridized carbons (Fsp3) is 0.0909. The van der Waals surface area contributed by atoms with Crippen molar-refractivity contribution < 1.29 is 14.0 Å². The standard InChI is InChI=1S/C11H9ClFNO2/c1-6(15)8(11(14)16)4-7-2-3-9(12)10(13)5-7/h2-5H,1H3,(H2,14,16). The van der Waals surface area contributed by atoms with Crippen LogP contribution < -0.4 is 5.73 Å². The van der Waals surface area contributed by atoms with Gasteiger partial charge < -0.3 is 5.73 Å². The highest BCUT2D eigenvalue weighted by molar-refractivity contribution is 6.30. The molecule has 0 aromatic heterocycles. The van der Waals surface area contributed by atoms with Crippen molar-refractivity contribution in [1.29, 1.82) is 0 Å². The average molecular weight is 242 g/mol. The zero-order valence-corrected chi connectivity index (χ0v) is 9.22. The second-order valence-electron chi connectivity index (χ2n) is 3.15. The Bertz CT molecular complexity index is 467. The summed E-state index contributed by atoms with van der Waals surface area (Å²) in [5, 5.41) is -0.0272. The van der Waals surface area contributed by atoms with Crippen LogP contribution in [0.2, 0.25) is 5.02 Å². The highest BCUT2D eigenvalue weighted by atomic mass is 35.5. The van der Waals surface area contributed by atoms with Gasteiger partial charge in [-0.05, 0) is 30.7 Å². The predicted molar refractivity (Wildman–Crippen MR) is 59.3 cm³/mol. The van der Waals surface area contributed by atoms with Crippen LogP contribution in [0.1, 0.15) is 12.5 Å². The van der Waals surface area contributed by atoms with Gasteiger partial charge in [0.15, 0.2) is 5.78 Å². The highest BCUT2D eigenvalue weighted by Gasteiger charge is 2.10. The van der Waals surface area contributed by atoms with E-state index >= 15 is 0 Å². The van der Waals surface area contributed by atoms with Crippen molar-refractivity contribution in [2.45, 2.75) is 6.92 Å². The number of hydrogen-bond donors (Lipinski definition) is 1. The Morgan fingerprint density at radius 1 is 1.44 bits per heavy atom. The second-order valence-corrected chi connectivity index (χ2v) is 3.56. The van der Waals surface area contributed by atoms with E-state index in [-0.39, 0.29) is 10.6 Å². The van der Waals surface area contributed by atoms with Gasteiger partial charge in [0.25, 0.3) is 5.91 Å². The lowest BCUT2D eigenvalue weighted by Gasteiger charge is -2.00. The fourth-order valence-corrected chi connectivity index (χ4v) is 1.23. The van der Waals surface area contributed by atoms with Crippen LogP contribution in [0.5, 0.6) is 0 Å². The number of nitrogens with two attached hydrogens (primary N) is 1. The normalized spacial score (nSPS) is 11.3. The van der Waals surface area contributed by atoms with Gasteiger partial charge in [0.2, 0.25) is 0 Å². The molecular formula is C11H9ClFNO2. The third-order valence-corrected chi connectivity index (χ3v) is 2.21. The van der Waals surface area contributed by atoms with Crippen molar-refractivity contribution in [2.24, 2.45) is 5.73 Å². The molecule has 0 aliphatic rings. The number of amides is 1. The SMILES string of the molecule is CC(=O)C(=Cc1ccc(Cl)c(F)c1)C(N)=O. The summed E-state index contributed by atoms with van der Waals surface area (Å²) < 4.78 is 13.1. The number of halogens is 2. The summed E-state index contributed by atoms with van der Waals surface area (Å²) >= 11 is 5.49. The lowest BCUT2D eigenvalue weighted by molar-refractivity contribution is -0.119. The minimum atomic E-state index is -0.845. The minimum Gasteiger partial charge on any atom is -0.365 e. The maximum atomic E-state index is 13.1. The first-order valence-electron chi connectivity index (χ1n) is 4.39. The van der Waals surface area contributed by atoms with E-state index in [2.05, 4.69) is 0 Å². The Kier molecular flexibility index (Phi) is 3.79. The van der Waals surface area contributed by atoms with Gasteiger partial charge in [0.05, 0.1) is 10.6 Å². The monoisotopic (exact) mass is 241 g/mol. The van der Waals surface area contributed by atoms with Gasteiger partial charge in [0, 0.05) is 0 Å². The van der Waals surface area contributed by atoms with Crippen LogP contribution in [0.3, 0.4) is 0 Å². The van der Waals surface area contributed by atoms with Crippen LogP contribution in [0.4, 0.5) is 4.39 Å². The molecule has 16 heavy (non-hydrogen) atoms. The number of hydrogen-bond acceptors (Lipinski definition) is 2. The predicted octanol–water partition coefficient (Wildman–Crippen LogP) is 1.94. The lowest BCUT2D eigenvalue weighted by Crippen LogP contribution is -2.18. The summed E-state index contributed by atoms with van der Waals surface area (Å²) in [6, 6.07) is 3.94. The van der Waals surface area contributed by atoms with E-state index in [1.807, 2.05) is 0 Å². The van der Waals surface area contributed by atoms with Crippen molar-refractivity contribution in [2.75, 3.05) is 0 Å². The number of carbonyl (C=O) groups is 2. The van der Waals surface area contributed by atoms with Crippen molar-refractivity contribution in [3.8, 4) is 0 Å². The topological polar surface area (TPSA) is 60.2 Å². The molecule has 0 unspecified atom stereocenters. The molecule has 2 N–H and O–H groups in total. The van der Waals surface area contributed by atoms with E-state index in [0.717, 1.165) is 6.07 Å². The van der Waals surface area contributed by atoms with Crippen molar-refractivity contribution in [1.82, 2.24) is 0 Å². The van der Waals surface area contributed by atoms with E-state index in [1.54, 1.807) is 0 Å². The third kappa shape index (κ3) is 2.90. The van der Waals surface area contributed by atoms with Crippen LogP contribution in [-0.4, -0.2) is 11.7 Å². The summed E-state index contributed by atoms with van der Waals surface area (Å²) in [5.41, 5.74) is 5.18. The van der Waals surface area contributed by atoms with E-state index in [4.69, 9.17) is 17.3 Å². The number of rotatable bonds is 3. The molecule has 0 heterocycles. The molecule has 0 aliphatic carbocycles. The fourth-order valence-electron chi connectivity index (χ4n) is 1.12. The molecule has 0 spiro atoms. The first-order valence-corrected chi connectivity index (χ1v) is 4.77. The van der Waals surface area contributed by atoms with E-state index < -0.39 is 17.5 Å². The molecule has 1 aromatic rings. The molecule has 0 saturated heterocycles. The van der Waals surface area contributed by atoms with Crippen LogP contribution in [0.15, 0.2) is 23.8 Å². The number of Topliss-reactive ketones (excluding diaryl/α,β-unsaturated/α-hetero) is 1. The van der Waals surface area contributed by atoms with Gasteiger partial charge in [-0.25, -0.2) is 4.39 Å². The Balaban J connectivity index is 3.18. The van der Waals surface area contributed by atoms with Crippen molar-refractivity contribution in [3.63, 3.8) is 0 Å². The molecular weight excluding hydrogens is 233 g/mol. The number of benzene rings is 1. The van der Waals surface area contributed by atoms with Gasteiger partial charge in [-0.1, -0.05) is 17.7 Å². The molecule has 1 aromatic carbocycles. The van der Waals surface area contributed by atoms with E-state index in [1.165, 1.54) is 25.1 Å². The zero-order chi connectivity index (χ0) is 12.3. The highest BCUT2D eigenvalue weighted by Crippen LogP contribution is 2.17. The first kappa shape index (κ1) is 12.4. The summed E-state index contributed by atoms with van der Waals surface area (Å²) in [5.74, 6) is -1.94. The maximum absolute atomic E-state index is 13.1. The molecule has 0 atom stereocenters. The number of ketones is 1. The third-order valence-electron chi connectivity index (χ3n) is 1.90. The average Bonchev–Trinajstić information content (AvgIpc) is 2.18. The molecule has 1 amide bonds. The Hall–Kier alpha value is -1.68. The number of carbonyl (C=O) groups excluding carboxylic acids is 2. The Morgan fingerprint density at radius 3 is 2.50 bits per heavy atom.